The summed E-state index contributed by atoms with van der Waals surface area (Å²) in [6.45, 7) is 0. The van der Waals surface area contributed by atoms with Crippen molar-refractivity contribution in [3.63, 3.8) is 0 Å². The van der Waals surface area contributed by atoms with Gasteiger partial charge in [0, 0.05) is 16.7 Å². The second kappa shape index (κ2) is 5.60. The Morgan fingerprint density at radius 3 is 1.95 bits per heavy atom. The first kappa shape index (κ1) is 16.9. The number of ketones is 2. The van der Waals surface area contributed by atoms with E-state index in [0.717, 1.165) is 6.07 Å². The van der Waals surface area contributed by atoms with Crippen LogP contribution in [0, 0.1) is 0 Å². The molecule has 0 radical (unpaired) electrons. The molecule has 0 heterocycles. The molecule has 0 unspecified atom stereocenters. The summed E-state index contributed by atoms with van der Waals surface area (Å²) in [6, 6.07) is 8.42. The van der Waals surface area contributed by atoms with Crippen molar-refractivity contribution in [3.05, 3.63) is 58.7 Å². The Bertz CT molecular complexity index is 921. The molecule has 22 heavy (non-hydrogen) atoms. The van der Waals surface area contributed by atoms with Gasteiger partial charge < -0.3 is 5.73 Å². The predicted octanol–water partition coefficient (Wildman–Crippen LogP) is -1.71. The fourth-order valence-electron chi connectivity index (χ4n) is 2.42. The minimum absolute atomic E-state index is 0. The molecule has 0 aliphatic heterocycles. The number of carbonyl (C=O) groups is 2. The zero-order valence-corrected chi connectivity index (χ0v) is 14.3. The molecule has 0 fully saturated rings. The second-order valence-corrected chi connectivity index (χ2v) is 5.97. The summed E-state index contributed by atoms with van der Waals surface area (Å²) in [6.07, 6.45) is 0. The van der Waals surface area contributed by atoms with Crippen molar-refractivity contribution in [2.45, 2.75) is 4.90 Å². The van der Waals surface area contributed by atoms with Gasteiger partial charge in [0.05, 0.1) is 11.3 Å². The van der Waals surface area contributed by atoms with Crippen LogP contribution in [0.2, 0.25) is 0 Å². The monoisotopic (exact) mass is 326 g/mol. The van der Waals surface area contributed by atoms with E-state index in [1.165, 1.54) is 18.2 Å². The molecule has 106 valence electrons. The third-order valence-electron chi connectivity index (χ3n) is 3.37. The van der Waals surface area contributed by atoms with E-state index in [1.54, 1.807) is 12.1 Å². The topological polar surface area (TPSA) is 115 Å². The molecule has 0 spiro atoms. The van der Waals surface area contributed by atoms with Crippen LogP contribution in [-0.2, 0) is 10.1 Å². The molecule has 0 saturated heterocycles. The van der Waals surface area contributed by atoms with Crippen LogP contribution in [0.25, 0.3) is 0 Å². The van der Waals surface area contributed by atoms with E-state index in [2.05, 4.69) is 0 Å². The van der Waals surface area contributed by atoms with Crippen LogP contribution in [-0.4, -0.2) is 24.5 Å². The standard InChI is InChI=1S/C14H9NO5S.Na/c15-12-10(21(18,19)20)6-5-9-11(12)14(17)8-4-2-1-3-7(8)13(9)16;/h1-6H,15H2,(H,18,19,20);/q;+1. The zero-order valence-electron chi connectivity index (χ0n) is 11.5. The van der Waals surface area contributed by atoms with Crippen molar-refractivity contribution in [3.8, 4) is 0 Å². The summed E-state index contributed by atoms with van der Waals surface area (Å²) in [5.41, 5.74) is 5.52. The zero-order chi connectivity index (χ0) is 15.4. The van der Waals surface area contributed by atoms with Gasteiger partial charge in [-0.25, -0.2) is 0 Å². The Balaban J connectivity index is 0.00000176. The van der Waals surface area contributed by atoms with E-state index in [1.807, 2.05) is 0 Å². The normalized spacial score (nSPS) is 13.1. The number of hydrogen-bond acceptors (Lipinski definition) is 5. The summed E-state index contributed by atoms with van der Waals surface area (Å²) < 4.78 is 31.6. The van der Waals surface area contributed by atoms with E-state index >= 15 is 0 Å². The smallest absolute Gasteiger partial charge is 0.397 e. The summed E-state index contributed by atoms with van der Waals surface area (Å²) in [5.74, 6) is -0.947. The molecule has 6 nitrogen and oxygen atoms in total. The van der Waals surface area contributed by atoms with Gasteiger partial charge in [-0.1, -0.05) is 24.3 Å². The number of nitrogens with two attached hydrogens (primary N) is 1. The van der Waals surface area contributed by atoms with Gasteiger partial charge in [-0.2, -0.15) is 8.42 Å². The van der Waals surface area contributed by atoms with Crippen LogP contribution >= 0.6 is 0 Å². The molecule has 3 N–H and O–H groups in total. The van der Waals surface area contributed by atoms with Gasteiger partial charge in [-0.15, -0.1) is 0 Å². The SMILES string of the molecule is Nc1c(S(=O)(=O)O)ccc2c1C(=O)c1ccccc1C2=O.[Na+]. The largest absolute Gasteiger partial charge is 1.00 e. The molecule has 0 amide bonds. The van der Waals surface area contributed by atoms with Crippen LogP contribution in [0.15, 0.2) is 41.3 Å². The van der Waals surface area contributed by atoms with Crippen LogP contribution in [0.3, 0.4) is 0 Å². The quantitative estimate of drug-likeness (QED) is 0.313. The van der Waals surface area contributed by atoms with E-state index in [0.29, 0.717) is 0 Å². The van der Waals surface area contributed by atoms with Crippen molar-refractivity contribution in [1.29, 1.82) is 0 Å². The molecular weight excluding hydrogens is 317 g/mol. The first-order valence-corrected chi connectivity index (χ1v) is 7.35. The van der Waals surface area contributed by atoms with Gasteiger partial charge in [0.1, 0.15) is 4.90 Å². The number of carbonyl (C=O) groups excluding carboxylic acids is 2. The van der Waals surface area contributed by atoms with Gasteiger partial charge in [0.2, 0.25) is 0 Å². The molecule has 1 aliphatic carbocycles. The second-order valence-electron chi connectivity index (χ2n) is 4.58. The summed E-state index contributed by atoms with van der Waals surface area (Å²) in [4.78, 5) is 24.2. The third kappa shape index (κ3) is 2.41. The molecule has 0 atom stereocenters. The van der Waals surface area contributed by atoms with Crippen LogP contribution in [0.4, 0.5) is 5.69 Å². The summed E-state index contributed by atoms with van der Waals surface area (Å²) in [5, 5.41) is 0. The molecule has 8 heteroatoms. The van der Waals surface area contributed by atoms with Crippen molar-refractivity contribution in [2.24, 2.45) is 0 Å². The first-order valence-electron chi connectivity index (χ1n) is 5.90. The van der Waals surface area contributed by atoms with Crippen molar-refractivity contribution < 1.29 is 52.1 Å². The number of rotatable bonds is 1. The maximum Gasteiger partial charge on any atom is 1.00 e. The van der Waals surface area contributed by atoms with Crippen LogP contribution in [0.1, 0.15) is 31.8 Å². The van der Waals surface area contributed by atoms with Crippen LogP contribution < -0.4 is 35.3 Å². The Morgan fingerprint density at radius 2 is 1.41 bits per heavy atom. The summed E-state index contributed by atoms with van der Waals surface area (Å²) >= 11 is 0. The molecule has 3 rings (SSSR count). The molecule has 0 bridgehead atoms. The molecular formula is C14H9NNaO5S+. The molecule has 2 aromatic carbocycles. The number of anilines is 1. The molecule has 2 aromatic rings. The molecule has 0 saturated carbocycles. The van der Waals surface area contributed by atoms with Gasteiger partial charge in [0.25, 0.3) is 10.1 Å². The molecule has 1 aliphatic rings. The van der Waals surface area contributed by atoms with E-state index in [4.69, 9.17) is 10.3 Å². The average Bonchev–Trinajstić information content (AvgIpc) is 2.43. The van der Waals surface area contributed by atoms with E-state index in [9.17, 15) is 18.0 Å². The Kier molecular flexibility index (Phi) is 4.29. The summed E-state index contributed by atoms with van der Waals surface area (Å²) in [7, 11) is -4.57. The fraction of sp³-hybridized carbons (Fsp3) is 0. The van der Waals surface area contributed by atoms with E-state index in [-0.39, 0.29) is 51.8 Å². The van der Waals surface area contributed by atoms with Crippen LogP contribution in [0.5, 0.6) is 0 Å². The number of fused-ring (bicyclic) bond motifs is 2. The van der Waals surface area contributed by atoms with E-state index < -0.39 is 32.3 Å². The third-order valence-corrected chi connectivity index (χ3v) is 4.28. The Hall–Kier alpha value is -1.51. The van der Waals surface area contributed by atoms with Gasteiger partial charge in [0.15, 0.2) is 11.6 Å². The van der Waals surface area contributed by atoms with Crippen molar-refractivity contribution in [1.82, 2.24) is 0 Å². The van der Waals surface area contributed by atoms with Crippen molar-refractivity contribution >= 4 is 27.4 Å². The maximum absolute atomic E-state index is 12.4. The van der Waals surface area contributed by atoms with Gasteiger partial charge in [-0.3, -0.25) is 14.1 Å². The predicted molar refractivity (Wildman–Crippen MR) is 74.0 cm³/mol. The van der Waals surface area contributed by atoms with Crippen molar-refractivity contribution in [2.75, 3.05) is 5.73 Å². The maximum atomic E-state index is 12.4. The fourth-order valence-corrected chi connectivity index (χ4v) is 3.04. The number of nitrogen functional groups attached to an aromatic ring is 1. The Labute approximate surface area is 148 Å². The van der Waals surface area contributed by atoms with Gasteiger partial charge in [-0.05, 0) is 12.1 Å². The number of hydrogen-bond donors (Lipinski definition) is 2. The number of benzene rings is 2. The first-order chi connectivity index (χ1) is 9.82. The molecule has 0 aromatic heterocycles. The minimum Gasteiger partial charge on any atom is -0.397 e. The Morgan fingerprint density at radius 1 is 0.864 bits per heavy atom. The van der Waals surface area contributed by atoms with Gasteiger partial charge >= 0.3 is 29.6 Å². The average molecular weight is 326 g/mol. The minimum atomic E-state index is -4.57.